The summed E-state index contributed by atoms with van der Waals surface area (Å²) in [7, 11) is 3.45. The lowest BCUT2D eigenvalue weighted by Crippen LogP contribution is -2.37. The summed E-state index contributed by atoms with van der Waals surface area (Å²) >= 11 is 0. The number of rotatable bonds is 9. The topological polar surface area (TPSA) is 54.9 Å². The summed E-state index contributed by atoms with van der Waals surface area (Å²) in [6.45, 7) is 4.98. The Labute approximate surface area is 179 Å². The number of nitrogens with one attached hydrogen (secondary N) is 2. The molecule has 27 heavy (non-hydrogen) atoms. The molecule has 0 unspecified atom stereocenters. The lowest BCUT2D eigenvalue weighted by molar-refractivity contribution is 0.119. The highest BCUT2D eigenvalue weighted by Gasteiger charge is 1.99. The first-order valence-electron chi connectivity index (χ1n) is 8.92. The molecule has 5 nitrogen and oxygen atoms in total. The van der Waals surface area contributed by atoms with Crippen molar-refractivity contribution in [1.29, 1.82) is 0 Å². The van der Waals surface area contributed by atoms with Gasteiger partial charge in [-0.05, 0) is 36.6 Å². The summed E-state index contributed by atoms with van der Waals surface area (Å²) < 4.78 is 10.9. The quantitative estimate of drug-likeness (QED) is 0.246. The summed E-state index contributed by atoms with van der Waals surface area (Å²) in [4.78, 5) is 4.24. The molecule has 0 saturated carbocycles. The van der Waals surface area contributed by atoms with Crippen molar-refractivity contribution in [2.75, 3.05) is 27.3 Å². The maximum absolute atomic E-state index is 5.71. The molecule has 0 bridgehead atoms. The first-order valence-corrected chi connectivity index (χ1v) is 8.92. The monoisotopic (exact) mass is 483 g/mol. The SMILES string of the molecule is CN=C(NCCCOCc1ccc(OC)cc1)NCc1ccc(C)cc1.I. The molecule has 0 radical (unpaired) electrons. The Morgan fingerprint density at radius 1 is 0.963 bits per heavy atom. The maximum atomic E-state index is 5.71. The van der Waals surface area contributed by atoms with Crippen LogP contribution in [0, 0.1) is 6.92 Å². The third-order valence-electron chi connectivity index (χ3n) is 3.99. The van der Waals surface area contributed by atoms with Crippen molar-refractivity contribution < 1.29 is 9.47 Å². The average molecular weight is 483 g/mol. The molecular weight excluding hydrogens is 453 g/mol. The van der Waals surface area contributed by atoms with E-state index >= 15 is 0 Å². The highest BCUT2D eigenvalue weighted by atomic mass is 127. The van der Waals surface area contributed by atoms with Crippen LogP contribution in [-0.2, 0) is 17.9 Å². The van der Waals surface area contributed by atoms with Gasteiger partial charge in [-0.25, -0.2) is 0 Å². The van der Waals surface area contributed by atoms with E-state index in [1.54, 1.807) is 14.2 Å². The van der Waals surface area contributed by atoms with Gasteiger partial charge in [0.15, 0.2) is 5.96 Å². The maximum Gasteiger partial charge on any atom is 0.191 e. The van der Waals surface area contributed by atoms with Gasteiger partial charge >= 0.3 is 0 Å². The predicted octanol–water partition coefficient (Wildman–Crippen LogP) is 3.89. The second-order valence-electron chi connectivity index (χ2n) is 6.09. The van der Waals surface area contributed by atoms with E-state index in [0.717, 1.165) is 36.8 Å². The standard InChI is InChI=1S/C21H29N3O2.HI/c1-17-5-7-18(8-6-17)15-24-21(22-2)23-13-4-14-26-16-19-9-11-20(25-3)12-10-19;/h5-12H,4,13-16H2,1-3H3,(H2,22,23,24);1H. The molecule has 0 aliphatic carbocycles. The van der Waals surface area contributed by atoms with Crippen molar-refractivity contribution in [2.45, 2.75) is 26.5 Å². The second-order valence-corrected chi connectivity index (χ2v) is 6.09. The van der Waals surface area contributed by atoms with E-state index in [0.29, 0.717) is 13.2 Å². The Bertz CT molecular complexity index is 673. The van der Waals surface area contributed by atoms with Gasteiger partial charge in [0.1, 0.15) is 5.75 Å². The molecule has 2 aromatic rings. The molecule has 2 rings (SSSR count). The van der Waals surface area contributed by atoms with Gasteiger partial charge in [0.25, 0.3) is 0 Å². The number of aliphatic imine (C=N–C) groups is 1. The van der Waals surface area contributed by atoms with Crippen molar-refractivity contribution in [3.8, 4) is 5.75 Å². The van der Waals surface area contributed by atoms with Crippen molar-refractivity contribution in [3.63, 3.8) is 0 Å². The Balaban J connectivity index is 0.00000364. The summed E-state index contributed by atoms with van der Waals surface area (Å²) in [5.41, 5.74) is 3.65. The van der Waals surface area contributed by atoms with Crippen molar-refractivity contribution in [2.24, 2.45) is 4.99 Å². The number of nitrogens with zero attached hydrogens (tertiary/aromatic N) is 1. The minimum absolute atomic E-state index is 0. The summed E-state index contributed by atoms with van der Waals surface area (Å²) in [6.07, 6.45) is 0.918. The minimum atomic E-state index is 0. The molecule has 0 spiro atoms. The molecule has 0 aliphatic heterocycles. The van der Waals surface area contributed by atoms with Gasteiger partial charge in [-0.15, -0.1) is 24.0 Å². The number of ether oxygens (including phenoxy) is 2. The number of benzene rings is 2. The van der Waals surface area contributed by atoms with E-state index in [1.807, 2.05) is 24.3 Å². The second kappa shape index (κ2) is 13.4. The minimum Gasteiger partial charge on any atom is -0.497 e. The molecule has 6 heteroatoms. The Morgan fingerprint density at radius 3 is 2.26 bits per heavy atom. The highest BCUT2D eigenvalue weighted by Crippen LogP contribution is 2.11. The number of guanidine groups is 1. The van der Waals surface area contributed by atoms with Gasteiger partial charge in [0, 0.05) is 26.7 Å². The van der Waals surface area contributed by atoms with E-state index in [2.05, 4.69) is 46.8 Å². The zero-order chi connectivity index (χ0) is 18.6. The van der Waals surface area contributed by atoms with Gasteiger partial charge < -0.3 is 20.1 Å². The first-order chi connectivity index (χ1) is 12.7. The van der Waals surface area contributed by atoms with Crippen molar-refractivity contribution >= 4 is 29.9 Å². The zero-order valence-corrected chi connectivity index (χ0v) is 18.7. The van der Waals surface area contributed by atoms with Crippen LogP contribution in [-0.4, -0.2) is 33.3 Å². The number of hydrogen-bond donors (Lipinski definition) is 2. The Hall–Kier alpha value is -1.80. The molecule has 0 heterocycles. The predicted molar refractivity (Wildman–Crippen MR) is 122 cm³/mol. The van der Waals surface area contributed by atoms with Gasteiger partial charge in [0.2, 0.25) is 0 Å². The van der Waals surface area contributed by atoms with Crippen LogP contribution in [0.5, 0.6) is 5.75 Å². The van der Waals surface area contributed by atoms with Gasteiger partial charge in [-0.2, -0.15) is 0 Å². The molecule has 0 aliphatic rings. The molecule has 0 amide bonds. The van der Waals surface area contributed by atoms with Crippen LogP contribution in [0.4, 0.5) is 0 Å². The number of aryl methyl sites for hydroxylation is 1. The fourth-order valence-electron chi connectivity index (χ4n) is 2.41. The third kappa shape index (κ3) is 9.10. The summed E-state index contributed by atoms with van der Waals surface area (Å²) in [6, 6.07) is 16.4. The van der Waals surface area contributed by atoms with Gasteiger partial charge in [-0.3, -0.25) is 4.99 Å². The van der Waals surface area contributed by atoms with E-state index in [1.165, 1.54) is 11.1 Å². The molecular formula is C21H30IN3O2. The molecule has 148 valence electrons. The molecule has 0 fully saturated rings. The normalized spacial score (nSPS) is 10.9. The van der Waals surface area contributed by atoms with E-state index in [4.69, 9.17) is 9.47 Å². The van der Waals surface area contributed by atoms with Crippen LogP contribution >= 0.6 is 24.0 Å². The lowest BCUT2D eigenvalue weighted by Gasteiger charge is -2.12. The molecule has 0 aromatic heterocycles. The van der Waals surface area contributed by atoms with Crippen LogP contribution in [0.25, 0.3) is 0 Å². The lowest BCUT2D eigenvalue weighted by atomic mass is 10.1. The summed E-state index contributed by atoms with van der Waals surface area (Å²) in [5.74, 6) is 1.67. The van der Waals surface area contributed by atoms with Crippen LogP contribution < -0.4 is 15.4 Å². The van der Waals surface area contributed by atoms with E-state index < -0.39 is 0 Å². The Kier molecular flexibility index (Phi) is 11.5. The number of halogens is 1. The van der Waals surface area contributed by atoms with Crippen LogP contribution in [0.2, 0.25) is 0 Å². The fraction of sp³-hybridized carbons (Fsp3) is 0.381. The van der Waals surface area contributed by atoms with Crippen LogP contribution in [0.15, 0.2) is 53.5 Å². The Morgan fingerprint density at radius 2 is 1.63 bits per heavy atom. The summed E-state index contributed by atoms with van der Waals surface area (Å²) in [5, 5.41) is 6.63. The number of hydrogen-bond acceptors (Lipinski definition) is 3. The largest absolute Gasteiger partial charge is 0.497 e. The highest BCUT2D eigenvalue weighted by molar-refractivity contribution is 14.0. The van der Waals surface area contributed by atoms with Gasteiger partial charge in [0.05, 0.1) is 13.7 Å². The molecule has 2 N–H and O–H groups in total. The fourth-order valence-corrected chi connectivity index (χ4v) is 2.41. The zero-order valence-electron chi connectivity index (χ0n) is 16.3. The van der Waals surface area contributed by atoms with Crippen molar-refractivity contribution in [1.82, 2.24) is 10.6 Å². The third-order valence-corrected chi connectivity index (χ3v) is 3.99. The van der Waals surface area contributed by atoms with Crippen LogP contribution in [0.1, 0.15) is 23.1 Å². The van der Waals surface area contributed by atoms with E-state index in [9.17, 15) is 0 Å². The van der Waals surface area contributed by atoms with E-state index in [-0.39, 0.29) is 24.0 Å². The average Bonchev–Trinajstić information content (AvgIpc) is 2.68. The van der Waals surface area contributed by atoms with Crippen LogP contribution in [0.3, 0.4) is 0 Å². The van der Waals surface area contributed by atoms with Crippen molar-refractivity contribution in [3.05, 3.63) is 65.2 Å². The first kappa shape index (κ1) is 23.2. The van der Waals surface area contributed by atoms with Gasteiger partial charge in [-0.1, -0.05) is 42.0 Å². The molecule has 0 atom stereocenters. The molecule has 0 saturated heterocycles. The smallest absolute Gasteiger partial charge is 0.191 e. The molecule has 2 aromatic carbocycles. The number of methoxy groups -OCH3 is 1.